The van der Waals surface area contributed by atoms with Crippen molar-refractivity contribution in [3.63, 3.8) is 0 Å². The second-order valence-electron chi connectivity index (χ2n) is 5.89. The van der Waals surface area contributed by atoms with Gasteiger partial charge in [-0.1, -0.05) is 12.1 Å². The summed E-state index contributed by atoms with van der Waals surface area (Å²) in [7, 11) is 0. The van der Waals surface area contributed by atoms with Crippen LogP contribution in [-0.4, -0.2) is 44.2 Å². The first-order chi connectivity index (χ1) is 11.5. The normalized spacial score (nSPS) is 14.3. The minimum Gasteiger partial charge on any atom is -0.380 e. The van der Waals surface area contributed by atoms with E-state index in [0.29, 0.717) is 17.8 Å². The van der Waals surface area contributed by atoms with Gasteiger partial charge >= 0.3 is 6.18 Å². The Hall–Kier alpha value is -2.42. The number of aromatic nitrogens is 2. The Kier molecular flexibility index (Phi) is 5.17. The average Bonchev–Trinajstić information content (AvgIpc) is 2.51. The van der Waals surface area contributed by atoms with Gasteiger partial charge in [0.2, 0.25) is 5.91 Å². The summed E-state index contributed by atoms with van der Waals surface area (Å²) in [5.41, 5.74) is -3.10. The second-order valence-corrected chi connectivity index (χ2v) is 5.89. The molecule has 0 radical (unpaired) electrons. The van der Waals surface area contributed by atoms with E-state index in [1.165, 1.54) is 0 Å². The summed E-state index contributed by atoms with van der Waals surface area (Å²) in [6, 6.07) is 6.59. The van der Waals surface area contributed by atoms with E-state index in [4.69, 9.17) is 0 Å². The average molecular weight is 357 g/mol. The van der Waals surface area contributed by atoms with Crippen LogP contribution in [0.5, 0.6) is 0 Å². The van der Waals surface area contributed by atoms with Crippen molar-refractivity contribution >= 4 is 16.8 Å². The third kappa shape index (κ3) is 4.16. The molecule has 0 aliphatic carbocycles. The molecule has 0 bridgehead atoms. The molecule has 0 fully saturated rings. The number of rotatable bonds is 5. The quantitative estimate of drug-likeness (QED) is 0.857. The number of H-pyrrole nitrogens is 1. The minimum absolute atomic E-state index is 0.101. The lowest BCUT2D eigenvalue weighted by molar-refractivity contribution is -0.254. The van der Waals surface area contributed by atoms with Crippen LogP contribution >= 0.6 is 0 Å². The molecule has 1 heterocycles. The van der Waals surface area contributed by atoms with Crippen LogP contribution in [0.2, 0.25) is 0 Å². The summed E-state index contributed by atoms with van der Waals surface area (Å²) in [6.07, 6.45) is -6.03. The van der Waals surface area contributed by atoms with Crippen molar-refractivity contribution < 1.29 is 23.1 Å². The fourth-order valence-corrected chi connectivity index (χ4v) is 2.27. The lowest BCUT2D eigenvalue weighted by atomic mass is 10.0. The number of nitrogens with one attached hydrogen (secondary N) is 1. The zero-order valence-electron chi connectivity index (χ0n) is 13.7. The molecule has 2 N–H and O–H groups in total. The Morgan fingerprint density at radius 1 is 1.32 bits per heavy atom. The number of amides is 1. The summed E-state index contributed by atoms with van der Waals surface area (Å²) in [6.45, 7) is 2.07. The number of benzene rings is 1. The molecule has 2 rings (SSSR count). The fraction of sp³-hybridized carbons (Fsp3) is 0.438. The minimum atomic E-state index is -4.92. The molecule has 0 aliphatic rings. The van der Waals surface area contributed by atoms with Gasteiger partial charge in [0.05, 0.1) is 23.9 Å². The van der Waals surface area contributed by atoms with Crippen molar-refractivity contribution in [1.29, 1.82) is 0 Å². The van der Waals surface area contributed by atoms with Gasteiger partial charge in [-0.25, -0.2) is 4.98 Å². The van der Waals surface area contributed by atoms with Crippen molar-refractivity contribution in [2.75, 3.05) is 6.54 Å². The zero-order valence-corrected chi connectivity index (χ0v) is 13.7. The van der Waals surface area contributed by atoms with Crippen LogP contribution in [0.3, 0.4) is 0 Å². The van der Waals surface area contributed by atoms with Gasteiger partial charge in [0, 0.05) is 6.54 Å². The lowest BCUT2D eigenvalue weighted by Crippen LogP contribution is -2.47. The van der Waals surface area contributed by atoms with Crippen molar-refractivity contribution in [2.45, 2.75) is 38.6 Å². The van der Waals surface area contributed by atoms with Crippen LogP contribution in [-0.2, 0) is 11.3 Å². The van der Waals surface area contributed by atoms with Crippen LogP contribution in [0.4, 0.5) is 13.2 Å². The molecule has 136 valence electrons. The van der Waals surface area contributed by atoms with E-state index >= 15 is 0 Å². The van der Waals surface area contributed by atoms with Crippen LogP contribution in [0.1, 0.15) is 26.1 Å². The predicted molar refractivity (Wildman–Crippen MR) is 84.8 cm³/mol. The topological polar surface area (TPSA) is 86.3 Å². The molecule has 9 heteroatoms. The highest BCUT2D eigenvalue weighted by Crippen LogP contribution is 2.33. The maximum atomic E-state index is 12.7. The summed E-state index contributed by atoms with van der Waals surface area (Å²) in [4.78, 5) is 32.0. The number of halogens is 3. The third-order valence-electron chi connectivity index (χ3n) is 3.84. The SMILES string of the molecule is CCN(Cc1nc2ccccc2c(=O)[nH]1)C(=O)C[C@@](C)(O)C(F)(F)F. The third-order valence-corrected chi connectivity index (χ3v) is 3.84. The molecule has 6 nitrogen and oxygen atoms in total. The number of alkyl halides is 3. The molecule has 1 atom stereocenters. The van der Waals surface area contributed by atoms with Crippen molar-refractivity contribution in [3.8, 4) is 0 Å². The van der Waals surface area contributed by atoms with Crippen LogP contribution < -0.4 is 5.56 Å². The molecule has 1 aromatic carbocycles. The highest BCUT2D eigenvalue weighted by Gasteiger charge is 2.51. The van der Waals surface area contributed by atoms with Crippen LogP contribution in [0.25, 0.3) is 10.9 Å². The summed E-state index contributed by atoms with van der Waals surface area (Å²) in [5.74, 6) is -0.730. The number of nitrogens with zero attached hydrogens (tertiary/aromatic N) is 2. The van der Waals surface area contributed by atoms with E-state index in [1.54, 1.807) is 31.2 Å². The number of aliphatic hydroxyl groups is 1. The van der Waals surface area contributed by atoms with E-state index in [0.717, 1.165) is 4.90 Å². The maximum absolute atomic E-state index is 12.7. The Bertz CT molecular complexity index is 830. The van der Waals surface area contributed by atoms with E-state index < -0.39 is 29.7 Å². The molecule has 1 amide bonds. The Balaban J connectivity index is 2.22. The highest BCUT2D eigenvalue weighted by atomic mass is 19.4. The van der Waals surface area contributed by atoms with Crippen LogP contribution in [0, 0.1) is 0 Å². The maximum Gasteiger partial charge on any atom is 0.417 e. The smallest absolute Gasteiger partial charge is 0.380 e. The fourth-order valence-electron chi connectivity index (χ4n) is 2.27. The molecule has 1 aromatic heterocycles. The van der Waals surface area contributed by atoms with E-state index in [-0.39, 0.29) is 18.9 Å². The van der Waals surface area contributed by atoms with Gasteiger partial charge in [0.25, 0.3) is 5.56 Å². The number of para-hydroxylation sites is 1. The largest absolute Gasteiger partial charge is 0.417 e. The lowest BCUT2D eigenvalue weighted by Gasteiger charge is -2.29. The molecular weight excluding hydrogens is 339 g/mol. The number of aromatic amines is 1. The van der Waals surface area contributed by atoms with Gasteiger partial charge in [-0.3, -0.25) is 9.59 Å². The van der Waals surface area contributed by atoms with Crippen molar-refractivity contribution in [1.82, 2.24) is 14.9 Å². The van der Waals surface area contributed by atoms with Gasteiger partial charge in [-0.2, -0.15) is 13.2 Å². The second kappa shape index (κ2) is 6.83. The molecule has 0 spiro atoms. The van der Waals surface area contributed by atoms with Gasteiger partial charge < -0.3 is 15.0 Å². The molecule has 0 aliphatic heterocycles. The number of fused-ring (bicyclic) bond motifs is 1. The molecule has 0 saturated carbocycles. The van der Waals surface area contributed by atoms with Gasteiger partial charge in [-0.15, -0.1) is 0 Å². The Morgan fingerprint density at radius 3 is 2.56 bits per heavy atom. The van der Waals surface area contributed by atoms with Gasteiger partial charge in [0.1, 0.15) is 5.82 Å². The number of hydrogen-bond donors (Lipinski definition) is 2. The first kappa shape index (κ1) is 18.9. The zero-order chi connectivity index (χ0) is 18.8. The van der Waals surface area contributed by atoms with E-state index in [9.17, 15) is 27.9 Å². The molecule has 2 aromatic rings. The number of hydrogen-bond acceptors (Lipinski definition) is 4. The Morgan fingerprint density at radius 2 is 1.96 bits per heavy atom. The molecule has 0 saturated heterocycles. The summed E-state index contributed by atoms with van der Waals surface area (Å²) >= 11 is 0. The standard InChI is InChI=1S/C16H18F3N3O3/c1-3-22(13(23)8-15(2,25)16(17,18)19)9-12-20-11-7-5-4-6-10(11)14(24)21-12/h4-7,25H,3,8-9H2,1-2H3,(H,20,21,24)/t15-/m1/s1. The van der Waals surface area contributed by atoms with Crippen molar-refractivity contribution in [2.24, 2.45) is 0 Å². The monoisotopic (exact) mass is 357 g/mol. The van der Waals surface area contributed by atoms with Crippen LogP contribution in [0.15, 0.2) is 29.1 Å². The number of carbonyl (C=O) groups excluding carboxylic acids is 1. The first-order valence-electron chi connectivity index (χ1n) is 7.60. The number of carbonyl (C=O) groups is 1. The van der Waals surface area contributed by atoms with Gasteiger partial charge in [-0.05, 0) is 26.0 Å². The van der Waals surface area contributed by atoms with Crippen molar-refractivity contribution in [3.05, 3.63) is 40.4 Å². The summed E-state index contributed by atoms with van der Waals surface area (Å²) < 4.78 is 38.2. The highest BCUT2D eigenvalue weighted by molar-refractivity contribution is 5.78. The first-order valence-corrected chi connectivity index (χ1v) is 7.60. The van der Waals surface area contributed by atoms with Gasteiger partial charge in [0.15, 0.2) is 5.60 Å². The predicted octanol–water partition coefficient (Wildman–Crippen LogP) is 1.98. The van der Waals surface area contributed by atoms with E-state index in [1.807, 2.05) is 0 Å². The molecular formula is C16H18F3N3O3. The Labute approximate surface area is 141 Å². The molecule has 0 unspecified atom stereocenters. The summed E-state index contributed by atoms with van der Waals surface area (Å²) in [5, 5.41) is 9.85. The molecule has 25 heavy (non-hydrogen) atoms. The van der Waals surface area contributed by atoms with E-state index in [2.05, 4.69) is 9.97 Å².